The van der Waals surface area contributed by atoms with Gasteiger partial charge in [-0.25, -0.2) is 0 Å². The van der Waals surface area contributed by atoms with Gasteiger partial charge in [0.2, 0.25) is 0 Å². The largest absolute Gasteiger partial charge is 0.495 e. The van der Waals surface area contributed by atoms with E-state index in [9.17, 15) is 4.79 Å². The Kier molecular flexibility index (Phi) is 6.45. The number of rotatable bonds is 4. The van der Waals surface area contributed by atoms with Gasteiger partial charge in [0.15, 0.2) is 0 Å². The van der Waals surface area contributed by atoms with Gasteiger partial charge in [-0.05, 0) is 46.3 Å². The molecule has 138 valence electrons. The number of benzene rings is 2. The quantitative estimate of drug-likeness (QED) is 0.640. The van der Waals surface area contributed by atoms with Gasteiger partial charge in [0.25, 0.3) is 5.91 Å². The van der Waals surface area contributed by atoms with Gasteiger partial charge >= 0.3 is 0 Å². The van der Waals surface area contributed by atoms with Crippen molar-refractivity contribution in [3.63, 3.8) is 0 Å². The number of halogens is 3. The van der Waals surface area contributed by atoms with Crippen LogP contribution in [0.25, 0.3) is 0 Å². The van der Waals surface area contributed by atoms with E-state index in [-0.39, 0.29) is 5.91 Å². The molecule has 3 rings (SSSR count). The second-order valence-electron chi connectivity index (χ2n) is 5.69. The molecule has 1 aliphatic heterocycles. The van der Waals surface area contributed by atoms with Crippen LogP contribution in [0.2, 0.25) is 5.02 Å². The van der Waals surface area contributed by atoms with Gasteiger partial charge in [0.05, 0.1) is 41.1 Å². The molecule has 0 spiro atoms. The third-order valence-corrected chi connectivity index (χ3v) is 5.36. The monoisotopic (exact) mass is 502 g/mol. The average molecular weight is 505 g/mol. The Hall–Kier alpha value is -1.28. The zero-order valence-electron chi connectivity index (χ0n) is 14.0. The van der Waals surface area contributed by atoms with Crippen molar-refractivity contribution in [3.8, 4) is 5.75 Å². The maximum Gasteiger partial charge on any atom is 0.259 e. The number of nitrogens with one attached hydrogen (secondary N) is 1. The molecular weight excluding hydrogens is 487 g/mol. The van der Waals surface area contributed by atoms with Gasteiger partial charge in [-0.2, -0.15) is 0 Å². The minimum absolute atomic E-state index is 0.279. The summed E-state index contributed by atoms with van der Waals surface area (Å²) in [5.41, 5.74) is 1.98. The fourth-order valence-electron chi connectivity index (χ4n) is 2.78. The van der Waals surface area contributed by atoms with E-state index in [2.05, 4.69) is 42.1 Å². The van der Waals surface area contributed by atoms with Gasteiger partial charge < -0.3 is 19.7 Å². The number of carbonyl (C=O) groups excluding carboxylic acids is 1. The molecule has 1 saturated heterocycles. The maximum absolute atomic E-state index is 12.7. The van der Waals surface area contributed by atoms with Crippen LogP contribution < -0.4 is 15.0 Å². The molecule has 1 amide bonds. The molecule has 1 heterocycles. The van der Waals surface area contributed by atoms with E-state index in [1.54, 1.807) is 12.1 Å². The van der Waals surface area contributed by atoms with Gasteiger partial charge in [-0.3, -0.25) is 4.79 Å². The number of hydrogen-bond acceptors (Lipinski definition) is 4. The van der Waals surface area contributed by atoms with Crippen LogP contribution in [0.5, 0.6) is 5.75 Å². The molecule has 1 fully saturated rings. The standard InChI is InChI=1S/C18H17Br2ClN2O3/c1-25-17-13(8-11(19)9-14(17)20)18(24)22-12-2-3-16(15(21)10-12)23-4-6-26-7-5-23/h2-3,8-10H,4-7H2,1H3,(H,22,24). The lowest BCUT2D eigenvalue weighted by Gasteiger charge is -2.29. The summed E-state index contributed by atoms with van der Waals surface area (Å²) in [7, 11) is 1.53. The van der Waals surface area contributed by atoms with E-state index in [0.717, 1.165) is 23.2 Å². The van der Waals surface area contributed by atoms with Crippen LogP contribution in [0.1, 0.15) is 10.4 Å². The highest BCUT2D eigenvalue weighted by Gasteiger charge is 2.18. The molecule has 0 atom stereocenters. The Morgan fingerprint density at radius 2 is 1.96 bits per heavy atom. The Morgan fingerprint density at radius 1 is 1.23 bits per heavy atom. The molecule has 0 radical (unpaired) electrons. The summed E-state index contributed by atoms with van der Waals surface area (Å²) < 4.78 is 12.2. The molecule has 26 heavy (non-hydrogen) atoms. The van der Waals surface area contributed by atoms with Gasteiger partial charge in [-0.1, -0.05) is 27.5 Å². The molecule has 8 heteroatoms. The third-order valence-electron chi connectivity index (χ3n) is 4.01. The number of carbonyl (C=O) groups is 1. The van der Waals surface area contributed by atoms with Crippen LogP contribution in [-0.2, 0) is 4.74 Å². The average Bonchev–Trinajstić information content (AvgIpc) is 2.62. The maximum atomic E-state index is 12.7. The first kappa shape index (κ1) is 19.5. The van der Waals surface area contributed by atoms with Crippen molar-refractivity contribution in [2.75, 3.05) is 43.6 Å². The SMILES string of the molecule is COc1c(Br)cc(Br)cc1C(=O)Nc1ccc(N2CCOCC2)c(Cl)c1. The number of hydrogen-bond donors (Lipinski definition) is 1. The first-order valence-electron chi connectivity index (χ1n) is 7.96. The number of ether oxygens (including phenoxy) is 2. The van der Waals surface area contributed by atoms with Crippen molar-refractivity contribution in [1.82, 2.24) is 0 Å². The molecular formula is C18H17Br2ClN2O3. The van der Waals surface area contributed by atoms with Crippen LogP contribution in [0, 0.1) is 0 Å². The number of nitrogens with zero attached hydrogens (tertiary/aromatic N) is 1. The van der Waals surface area contributed by atoms with Gasteiger partial charge in [0.1, 0.15) is 5.75 Å². The summed E-state index contributed by atoms with van der Waals surface area (Å²) in [6, 6.07) is 9.04. The lowest BCUT2D eigenvalue weighted by molar-refractivity contribution is 0.102. The number of methoxy groups -OCH3 is 1. The molecule has 0 aromatic heterocycles. The molecule has 2 aromatic carbocycles. The van der Waals surface area contributed by atoms with E-state index < -0.39 is 0 Å². The Bertz CT molecular complexity index is 826. The molecule has 0 aliphatic carbocycles. The fraction of sp³-hybridized carbons (Fsp3) is 0.278. The highest BCUT2D eigenvalue weighted by molar-refractivity contribution is 9.11. The fourth-order valence-corrected chi connectivity index (χ4v) is 4.47. The van der Waals surface area contributed by atoms with E-state index in [1.807, 2.05) is 18.2 Å². The van der Waals surface area contributed by atoms with Crippen molar-refractivity contribution < 1.29 is 14.3 Å². The first-order valence-corrected chi connectivity index (χ1v) is 9.92. The summed E-state index contributed by atoms with van der Waals surface area (Å²) in [5, 5.41) is 3.46. The van der Waals surface area contributed by atoms with Crippen molar-refractivity contribution in [3.05, 3.63) is 49.9 Å². The predicted octanol–water partition coefficient (Wildman–Crippen LogP) is 4.96. The molecule has 0 saturated carbocycles. The molecule has 1 aliphatic rings. The van der Waals surface area contributed by atoms with Crippen LogP contribution >= 0.6 is 43.5 Å². The van der Waals surface area contributed by atoms with Crippen LogP contribution in [0.15, 0.2) is 39.3 Å². The highest BCUT2D eigenvalue weighted by Crippen LogP contribution is 2.34. The van der Waals surface area contributed by atoms with Crippen molar-refractivity contribution >= 4 is 60.7 Å². The summed E-state index contributed by atoms with van der Waals surface area (Å²) >= 11 is 13.2. The zero-order chi connectivity index (χ0) is 18.7. The lowest BCUT2D eigenvalue weighted by Crippen LogP contribution is -2.36. The summed E-state index contributed by atoms with van der Waals surface area (Å²) in [6.07, 6.45) is 0. The van der Waals surface area contributed by atoms with E-state index in [1.165, 1.54) is 7.11 Å². The third kappa shape index (κ3) is 4.34. The number of amides is 1. The smallest absolute Gasteiger partial charge is 0.259 e. The molecule has 2 aromatic rings. The Labute approximate surface area is 173 Å². The van der Waals surface area contributed by atoms with Gasteiger partial charge in [0, 0.05) is 23.2 Å². The van der Waals surface area contributed by atoms with Crippen molar-refractivity contribution in [2.24, 2.45) is 0 Å². The van der Waals surface area contributed by atoms with Crippen LogP contribution in [0.3, 0.4) is 0 Å². The minimum Gasteiger partial charge on any atom is -0.495 e. The number of anilines is 2. The predicted molar refractivity (Wildman–Crippen MR) is 111 cm³/mol. The number of morpholine rings is 1. The summed E-state index contributed by atoms with van der Waals surface area (Å²) in [5.74, 6) is 0.195. The summed E-state index contributed by atoms with van der Waals surface area (Å²) in [6.45, 7) is 2.97. The normalized spacial score (nSPS) is 14.2. The Morgan fingerprint density at radius 3 is 2.62 bits per heavy atom. The van der Waals surface area contributed by atoms with Gasteiger partial charge in [-0.15, -0.1) is 0 Å². The zero-order valence-corrected chi connectivity index (χ0v) is 17.9. The van der Waals surface area contributed by atoms with Crippen LogP contribution in [-0.4, -0.2) is 39.3 Å². The Balaban J connectivity index is 1.81. The molecule has 5 nitrogen and oxygen atoms in total. The molecule has 0 unspecified atom stereocenters. The van der Waals surface area contributed by atoms with Crippen molar-refractivity contribution in [2.45, 2.75) is 0 Å². The summed E-state index contributed by atoms with van der Waals surface area (Å²) in [4.78, 5) is 14.9. The molecule has 1 N–H and O–H groups in total. The highest BCUT2D eigenvalue weighted by atomic mass is 79.9. The second kappa shape index (κ2) is 8.61. The first-order chi connectivity index (χ1) is 12.5. The second-order valence-corrected chi connectivity index (χ2v) is 7.87. The van der Waals surface area contributed by atoms with E-state index in [4.69, 9.17) is 21.1 Å². The van der Waals surface area contributed by atoms with Crippen molar-refractivity contribution in [1.29, 1.82) is 0 Å². The van der Waals surface area contributed by atoms with Crippen LogP contribution in [0.4, 0.5) is 11.4 Å². The topological polar surface area (TPSA) is 50.8 Å². The molecule has 0 bridgehead atoms. The minimum atomic E-state index is -0.279. The lowest BCUT2D eigenvalue weighted by atomic mass is 10.1. The van der Waals surface area contributed by atoms with E-state index in [0.29, 0.717) is 39.7 Å². The van der Waals surface area contributed by atoms with E-state index >= 15 is 0 Å².